The molecule has 0 bridgehead atoms. The van der Waals surface area contributed by atoms with E-state index in [1.807, 2.05) is 12.1 Å². The molecule has 1 N–H and O–H groups in total. The first kappa shape index (κ1) is 12.1. The Morgan fingerprint density at radius 2 is 1.88 bits per heavy atom. The van der Waals surface area contributed by atoms with E-state index in [-0.39, 0.29) is 11.8 Å². The van der Waals surface area contributed by atoms with E-state index in [1.165, 1.54) is 11.1 Å². The number of amides is 1. The number of carbonyl (C=O) groups excluding carboxylic acids is 1. The van der Waals surface area contributed by atoms with Crippen molar-refractivity contribution >= 4 is 5.91 Å². The second-order valence-corrected chi connectivity index (χ2v) is 5.00. The first-order valence-electron chi connectivity index (χ1n) is 6.03. The van der Waals surface area contributed by atoms with Crippen LogP contribution in [0.5, 0.6) is 0 Å². The van der Waals surface area contributed by atoms with Crippen molar-refractivity contribution in [2.24, 2.45) is 5.92 Å². The topological polar surface area (TPSA) is 40.5 Å². The maximum atomic E-state index is 11.7. The molecule has 0 radical (unpaired) electrons. The Morgan fingerprint density at radius 1 is 1.29 bits per heavy atom. The summed E-state index contributed by atoms with van der Waals surface area (Å²) >= 11 is 0. The van der Waals surface area contributed by atoms with Crippen LogP contribution >= 0.6 is 0 Å². The average Bonchev–Trinajstić information content (AvgIpc) is 2.29. The number of aliphatic hydroxyl groups is 1. The van der Waals surface area contributed by atoms with Gasteiger partial charge in [-0.25, -0.2) is 0 Å². The SMILES string of the molecule is CN(C)C(=O)CC1Cc2ccccc2CC1O. The fourth-order valence-corrected chi connectivity index (χ4v) is 2.38. The summed E-state index contributed by atoms with van der Waals surface area (Å²) in [5, 5.41) is 10.1. The number of hydrogen-bond donors (Lipinski definition) is 1. The molecule has 3 nitrogen and oxygen atoms in total. The van der Waals surface area contributed by atoms with E-state index >= 15 is 0 Å². The zero-order chi connectivity index (χ0) is 12.4. The van der Waals surface area contributed by atoms with Crippen LogP contribution in [0.4, 0.5) is 0 Å². The lowest BCUT2D eigenvalue weighted by atomic mass is 9.80. The van der Waals surface area contributed by atoms with Crippen molar-refractivity contribution in [1.82, 2.24) is 4.90 Å². The summed E-state index contributed by atoms with van der Waals surface area (Å²) in [6.07, 6.45) is 1.51. The highest BCUT2D eigenvalue weighted by Gasteiger charge is 2.28. The molecule has 1 aliphatic carbocycles. The molecule has 17 heavy (non-hydrogen) atoms. The lowest BCUT2D eigenvalue weighted by Crippen LogP contribution is -2.34. The smallest absolute Gasteiger partial charge is 0.222 e. The monoisotopic (exact) mass is 233 g/mol. The molecule has 0 saturated heterocycles. The molecule has 1 aromatic carbocycles. The van der Waals surface area contributed by atoms with Crippen LogP contribution in [0.2, 0.25) is 0 Å². The molecule has 1 aromatic rings. The molecule has 0 aliphatic heterocycles. The van der Waals surface area contributed by atoms with Crippen molar-refractivity contribution in [1.29, 1.82) is 0 Å². The summed E-state index contributed by atoms with van der Waals surface area (Å²) < 4.78 is 0. The van der Waals surface area contributed by atoms with Crippen LogP contribution in [0.15, 0.2) is 24.3 Å². The van der Waals surface area contributed by atoms with Gasteiger partial charge in [0.15, 0.2) is 0 Å². The van der Waals surface area contributed by atoms with Gasteiger partial charge in [0.25, 0.3) is 0 Å². The van der Waals surface area contributed by atoms with Crippen molar-refractivity contribution in [3.05, 3.63) is 35.4 Å². The standard InChI is InChI=1S/C14H19NO2/c1-15(2)14(17)9-12-7-10-5-3-4-6-11(10)8-13(12)16/h3-6,12-13,16H,7-9H2,1-2H3. The molecule has 2 atom stereocenters. The van der Waals surface area contributed by atoms with Crippen molar-refractivity contribution in [2.45, 2.75) is 25.4 Å². The van der Waals surface area contributed by atoms with Gasteiger partial charge in [0.05, 0.1) is 6.10 Å². The van der Waals surface area contributed by atoms with Gasteiger partial charge in [-0.3, -0.25) is 4.79 Å². The minimum atomic E-state index is -0.395. The summed E-state index contributed by atoms with van der Waals surface area (Å²) in [6.45, 7) is 0. The lowest BCUT2D eigenvalue weighted by Gasteiger charge is -2.30. The molecule has 1 amide bonds. The zero-order valence-electron chi connectivity index (χ0n) is 10.4. The second kappa shape index (κ2) is 4.88. The highest BCUT2D eigenvalue weighted by molar-refractivity contribution is 5.76. The van der Waals surface area contributed by atoms with Crippen molar-refractivity contribution in [2.75, 3.05) is 14.1 Å². The minimum Gasteiger partial charge on any atom is -0.392 e. The summed E-state index contributed by atoms with van der Waals surface area (Å²) in [7, 11) is 3.51. The predicted octanol–water partition coefficient (Wildman–Crippen LogP) is 1.24. The highest BCUT2D eigenvalue weighted by atomic mass is 16.3. The van der Waals surface area contributed by atoms with E-state index in [0.29, 0.717) is 12.8 Å². The van der Waals surface area contributed by atoms with Gasteiger partial charge in [-0.1, -0.05) is 24.3 Å². The van der Waals surface area contributed by atoms with E-state index in [0.717, 1.165) is 6.42 Å². The van der Waals surface area contributed by atoms with Crippen LogP contribution in [-0.4, -0.2) is 36.1 Å². The fourth-order valence-electron chi connectivity index (χ4n) is 2.38. The van der Waals surface area contributed by atoms with Crippen LogP contribution < -0.4 is 0 Å². The third-order valence-electron chi connectivity index (χ3n) is 3.51. The quantitative estimate of drug-likeness (QED) is 0.835. The highest BCUT2D eigenvalue weighted by Crippen LogP contribution is 2.28. The van der Waals surface area contributed by atoms with E-state index in [9.17, 15) is 9.90 Å². The van der Waals surface area contributed by atoms with Gasteiger partial charge in [-0.05, 0) is 29.9 Å². The first-order chi connectivity index (χ1) is 8.08. The van der Waals surface area contributed by atoms with E-state index in [4.69, 9.17) is 0 Å². The maximum absolute atomic E-state index is 11.7. The Kier molecular flexibility index (Phi) is 3.48. The van der Waals surface area contributed by atoms with Gasteiger partial charge in [-0.2, -0.15) is 0 Å². The largest absolute Gasteiger partial charge is 0.392 e. The molecular weight excluding hydrogens is 214 g/mol. The van der Waals surface area contributed by atoms with Gasteiger partial charge in [0.1, 0.15) is 0 Å². The summed E-state index contributed by atoms with van der Waals surface area (Å²) in [6, 6.07) is 8.16. The van der Waals surface area contributed by atoms with Gasteiger partial charge in [-0.15, -0.1) is 0 Å². The molecule has 92 valence electrons. The van der Waals surface area contributed by atoms with Gasteiger partial charge in [0, 0.05) is 20.5 Å². The van der Waals surface area contributed by atoms with Crippen LogP contribution in [0.25, 0.3) is 0 Å². The van der Waals surface area contributed by atoms with Crippen LogP contribution in [0, 0.1) is 5.92 Å². The Balaban J connectivity index is 2.10. The normalized spacial score (nSPS) is 23.0. The third-order valence-corrected chi connectivity index (χ3v) is 3.51. The van der Waals surface area contributed by atoms with Crippen LogP contribution in [0.1, 0.15) is 17.5 Å². The number of aliphatic hydroxyl groups excluding tert-OH is 1. The molecule has 3 heteroatoms. The molecule has 0 heterocycles. The first-order valence-corrected chi connectivity index (χ1v) is 6.03. The van der Waals surface area contributed by atoms with E-state index < -0.39 is 6.10 Å². The number of rotatable bonds is 2. The molecule has 1 aliphatic rings. The number of benzene rings is 1. The molecule has 0 saturated carbocycles. The Bertz CT molecular complexity index is 414. The van der Waals surface area contributed by atoms with Gasteiger partial charge >= 0.3 is 0 Å². The predicted molar refractivity (Wildman–Crippen MR) is 66.7 cm³/mol. The summed E-state index contributed by atoms with van der Waals surface area (Å²) in [5.74, 6) is 0.147. The molecule has 0 spiro atoms. The number of nitrogens with zero attached hydrogens (tertiary/aromatic N) is 1. The van der Waals surface area contributed by atoms with Crippen LogP contribution in [-0.2, 0) is 17.6 Å². The average molecular weight is 233 g/mol. The Morgan fingerprint density at radius 3 is 2.47 bits per heavy atom. The minimum absolute atomic E-state index is 0.0554. The number of fused-ring (bicyclic) bond motifs is 1. The van der Waals surface area contributed by atoms with E-state index in [1.54, 1.807) is 19.0 Å². The summed E-state index contributed by atoms with van der Waals surface area (Å²) in [5.41, 5.74) is 2.49. The Hall–Kier alpha value is -1.35. The summed E-state index contributed by atoms with van der Waals surface area (Å²) in [4.78, 5) is 13.3. The van der Waals surface area contributed by atoms with Gasteiger partial charge in [0.2, 0.25) is 5.91 Å². The van der Waals surface area contributed by atoms with Gasteiger partial charge < -0.3 is 10.0 Å². The lowest BCUT2D eigenvalue weighted by molar-refractivity contribution is -0.130. The fraction of sp³-hybridized carbons (Fsp3) is 0.500. The molecule has 0 aromatic heterocycles. The molecule has 2 rings (SSSR count). The second-order valence-electron chi connectivity index (χ2n) is 5.00. The van der Waals surface area contributed by atoms with Crippen molar-refractivity contribution in [3.8, 4) is 0 Å². The Labute approximate surface area is 102 Å². The van der Waals surface area contributed by atoms with Crippen LogP contribution in [0.3, 0.4) is 0 Å². The number of carbonyl (C=O) groups is 1. The molecule has 2 unspecified atom stereocenters. The third kappa shape index (κ3) is 2.67. The van der Waals surface area contributed by atoms with Crippen molar-refractivity contribution in [3.63, 3.8) is 0 Å². The molecular formula is C14H19NO2. The van der Waals surface area contributed by atoms with E-state index in [2.05, 4.69) is 12.1 Å². The molecule has 0 fully saturated rings. The zero-order valence-corrected chi connectivity index (χ0v) is 10.4. The maximum Gasteiger partial charge on any atom is 0.222 e. The van der Waals surface area contributed by atoms with Crippen molar-refractivity contribution < 1.29 is 9.90 Å². The number of hydrogen-bond acceptors (Lipinski definition) is 2.